The third-order valence-corrected chi connectivity index (χ3v) is 3.93. The Bertz CT molecular complexity index is 388. The molecule has 1 aliphatic carbocycles. The van der Waals surface area contributed by atoms with Crippen molar-refractivity contribution in [1.82, 2.24) is 5.32 Å². The van der Waals surface area contributed by atoms with Crippen LogP contribution in [0, 0.1) is 0 Å². The number of hydrogen-bond acceptors (Lipinski definition) is 3. The number of benzene rings is 1. The number of nitrogens with one attached hydrogen (secondary N) is 1. The number of rotatable bonds is 6. The molecule has 0 bridgehead atoms. The van der Waals surface area contributed by atoms with Gasteiger partial charge < -0.3 is 15.2 Å². The summed E-state index contributed by atoms with van der Waals surface area (Å²) in [6, 6.07) is 8.30. The van der Waals surface area contributed by atoms with Crippen molar-refractivity contribution in [3.05, 3.63) is 29.8 Å². The third-order valence-electron chi connectivity index (χ3n) is 3.93. The molecule has 3 nitrogen and oxygen atoms in total. The second kappa shape index (κ2) is 5.72. The quantitative estimate of drug-likeness (QED) is 0.814. The first-order chi connectivity index (χ1) is 8.64. The minimum atomic E-state index is -0.395. The Labute approximate surface area is 109 Å². The molecule has 0 heterocycles. The minimum Gasteiger partial charge on any atom is -0.496 e. The van der Waals surface area contributed by atoms with Gasteiger partial charge in [-0.3, -0.25) is 0 Å². The fourth-order valence-corrected chi connectivity index (χ4v) is 2.49. The monoisotopic (exact) mass is 249 g/mol. The number of methoxy groups -OCH3 is 1. The highest BCUT2D eigenvalue weighted by Gasteiger charge is 2.33. The lowest BCUT2D eigenvalue weighted by Crippen LogP contribution is -2.39. The lowest BCUT2D eigenvalue weighted by Gasteiger charge is -2.37. The van der Waals surface area contributed by atoms with Crippen LogP contribution < -0.4 is 10.1 Å². The van der Waals surface area contributed by atoms with Gasteiger partial charge in [0.05, 0.1) is 12.7 Å². The highest BCUT2D eigenvalue weighted by Crippen LogP contribution is 2.34. The van der Waals surface area contributed by atoms with E-state index in [9.17, 15) is 5.11 Å². The maximum absolute atomic E-state index is 10.0. The first-order valence-electron chi connectivity index (χ1n) is 6.73. The molecule has 1 fully saturated rings. The lowest BCUT2D eigenvalue weighted by atomic mass is 9.78. The van der Waals surface area contributed by atoms with Crippen molar-refractivity contribution in [2.45, 2.75) is 44.2 Å². The first-order valence-corrected chi connectivity index (χ1v) is 6.73. The molecule has 100 valence electrons. The Morgan fingerprint density at radius 2 is 2.11 bits per heavy atom. The van der Waals surface area contributed by atoms with E-state index >= 15 is 0 Å². The molecule has 0 aromatic heterocycles. The van der Waals surface area contributed by atoms with Crippen LogP contribution in [0.3, 0.4) is 0 Å². The minimum absolute atomic E-state index is 0.241. The summed E-state index contributed by atoms with van der Waals surface area (Å²) in [6.45, 7) is 2.97. The Morgan fingerprint density at radius 3 is 2.72 bits per heavy atom. The lowest BCUT2D eigenvalue weighted by molar-refractivity contribution is -0.0398. The predicted molar refractivity (Wildman–Crippen MR) is 72.8 cm³/mol. The van der Waals surface area contributed by atoms with Gasteiger partial charge in [-0.2, -0.15) is 0 Å². The van der Waals surface area contributed by atoms with E-state index in [2.05, 4.69) is 18.3 Å². The maximum Gasteiger partial charge on any atom is 0.123 e. The third kappa shape index (κ3) is 3.03. The fraction of sp³-hybridized carbons (Fsp3) is 0.600. The highest BCUT2D eigenvalue weighted by atomic mass is 16.5. The molecular weight excluding hydrogens is 226 g/mol. The molecule has 2 N–H and O–H groups in total. The van der Waals surface area contributed by atoms with Crippen molar-refractivity contribution in [2.24, 2.45) is 0 Å². The van der Waals surface area contributed by atoms with Crippen molar-refractivity contribution in [1.29, 1.82) is 0 Å². The number of ether oxygens (including phenoxy) is 1. The molecule has 1 aromatic rings. The molecule has 1 saturated carbocycles. The van der Waals surface area contributed by atoms with Crippen LogP contribution in [0.15, 0.2) is 24.3 Å². The summed E-state index contributed by atoms with van der Waals surface area (Å²) < 4.78 is 5.36. The van der Waals surface area contributed by atoms with Gasteiger partial charge in [0.25, 0.3) is 0 Å². The van der Waals surface area contributed by atoms with Crippen LogP contribution in [-0.2, 0) is 0 Å². The molecule has 1 unspecified atom stereocenters. The van der Waals surface area contributed by atoms with Crippen LogP contribution in [0.2, 0.25) is 0 Å². The molecule has 1 aromatic carbocycles. The van der Waals surface area contributed by atoms with Crippen LogP contribution in [0.25, 0.3) is 0 Å². The molecule has 0 amide bonds. The van der Waals surface area contributed by atoms with E-state index in [1.807, 2.05) is 18.2 Å². The maximum atomic E-state index is 10.0. The van der Waals surface area contributed by atoms with Crippen molar-refractivity contribution >= 4 is 0 Å². The van der Waals surface area contributed by atoms with Crippen molar-refractivity contribution < 1.29 is 9.84 Å². The Balaban J connectivity index is 1.85. The first kappa shape index (κ1) is 13.4. The fourth-order valence-electron chi connectivity index (χ4n) is 2.49. The standard InChI is InChI=1S/C15H23NO2/c1-12(13-6-3-4-7-14(13)18-2)16-11-10-15(17)8-5-9-15/h3-4,6-7,12,16-17H,5,8-11H2,1-2H3. The molecule has 1 atom stereocenters. The average Bonchev–Trinajstić information content (AvgIpc) is 2.36. The van der Waals surface area contributed by atoms with E-state index in [-0.39, 0.29) is 6.04 Å². The summed E-state index contributed by atoms with van der Waals surface area (Å²) in [6.07, 6.45) is 3.92. The largest absolute Gasteiger partial charge is 0.496 e. The molecule has 2 rings (SSSR count). The van der Waals surface area contributed by atoms with Gasteiger partial charge in [0.1, 0.15) is 5.75 Å². The van der Waals surface area contributed by atoms with E-state index in [0.29, 0.717) is 0 Å². The van der Waals surface area contributed by atoms with E-state index in [4.69, 9.17) is 4.74 Å². The van der Waals surface area contributed by atoms with Gasteiger partial charge in [0.2, 0.25) is 0 Å². The van der Waals surface area contributed by atoms with Gasteiger partial charge in [-0.05, 0) is 45.2 Å². The van der Waals surface area contributed by atoms with Crippen molar-refractivity contribution in [2.75, 3.05) is 13.7 Å². The van der Waals surface area contributed by atoms with Crippen LogP contribution in [0.1, 0.15) is 44.2 Å². The molecular formula is C15H23NO2. The van der Waals surface area contributed by atoms with Crippen LogP contribution in [0.4, 0.5) is 0 Å². The SMILES string of the molecule is COc1ccccc1C(C)NCCC1(O)CCC1. The molecule has 18 heavy (non-hydrogen) atoms. The van der Waals surface area contributed by atoms with Gasteiger partial charge in [0, 0.05) is 11.6 Å². The van der Waals surface area contributed by atoms with Gasteiger partial charge >= 0.3 is 0 Å². The summed E-state index contributed by atoms with van der Waals surface area (Å²) in [7, 11) is 1.70. The van der Waals surface area contributed by atoms with Crippen LogP contribution >= 0.6 is 0 Å². The average molecular weight is 249 g/mol. The van der Waals surface area contributed by atoms with Crippen molar-refractivity contribution in [3.8, 4) is 5.75 Å². The number of para-hydroxylation sites is 1. The topological polar surface area (TPSA) is 41.5 Å². The van der Waals surface area contributed by atoms with Crippen LogP contribution in [0.5, 0.6) is 5.75 Å². The molecule has 0 aliphatic heterocycles. The summed E-state index contributed by atoms with van der Waals surface area (Å²) in [5, 5.41) is 13.5. The number of hydrogen-bond donors (Lipinski definition) is 2. The zero-order valence-electron chi connectivity index (χ0n) is 11.3. The van der Waals surface area contributed by atoms with Crippen LogP contribution in [-0.4, -0.2) is 24.4 Å². The zero-order valence-corrected chi connectivity index (χ0v) is 11.3. The summed E-state index contributed by atoms with van der Waals surface area (Å²) in [5.74, 6) is 0.917. The van der Waals surface area contributed by atoms with E-state index in [1.165, 1.54) is 12.0 Å². The van der Waals surface area contributed by atoms with Gasteiger partial charge in [-0.25, -0.2) is 0 Å². The van der Waals surface area contributed by atoms with Gasteiger partial charge in [-0.15, -0.1) is 0 Å². The van der Waals surface area contributed by atoms with Gasteiger partial charge in [-0.1, -0.05) is 18.2 Å². The zero-order chi connectivity index (χ0) is 13.0. The molecule has 0 radical (unpaired) electrons. The van der Waals surface area contributed by atoms with E-state index in [0.717, 1.165) is 31.6 Å². The van der Waals surface area contributed by atoms with Crippen molar-refractivity contribution in [3.63, 3.8) is 0 Å². The summed E-state index contributed by atoms with van der Waals surface area (Å²) >= 11 is 0. The summed E-state index contributed by atoms with van der Waals surface area (Å²) in [5.41, 5.74) is 0.772. The second-order valence-electron chi connectivity index (χ2n) is 5.25. The molecule has 3 heteroatoms. The predicted octanol–water partition coefficient (Wildman–Crippen LogP) is 2.65. The highest BCUT2D eigenvalue weighted by molar-refractivity contribution is 5.35. The number of aliphatic hydroxyl groups is 1. The Morgan fingerprint density at radius 1 is 1.39 bits per heavy atom. The Hall–Kier alpha value is -1.06. The molecule has 1 aliphatic rings. The second-order valence-corrected chi connectivity index (χ2v) is 5.25. The normalized spacial score (nSPS) is 19.1. The molecule has 0 saturated heterocycles. The summed E-state index contributed by atoms with van der Waals surface area (Å²) in [4.78, 5) is 0. The smallest absolute Gasteiger partial charge is 0.123 e. The van der Waals surface area contributed by atoms with Gasteiger partial charge in [0.15, 0.2) is 0 Å². The molecule has 0 spiro atoms. The Kier molecular flexibility index (Phi) is 4.25. The van der Waals surface area contributed by atoms with E-state index < -0.39 is 5.60 Å². The van der Waals surface area contributed by atoms with E-state index in [1.54, 1.807) is 7.11 Å².